The Morgan fingerprint density at radius 2 is 2.00 bits per heavy atom. The van der Waals surface area contributed by atoms with E-state index in [0.717, 1.165) is 22.2 Å². The van der Waals surface area contributed by atoms with Crippen LogP contribution in [0.3, 0.4) is 0 Å². The summed E-state index contributed by atoms with van der Waals surface area (Å²) in [6.45, 7) is 2.01. The molecule has 0 amide bonds. The summed E-state index contributed by atoms with van der Waals surface area (Å²) in [5, 5.41) is 0.600. The van der Waals surface area contributed by atoms with Gasteiger partial charge in [0, 0.05) is 10.7 Å². The van der Waals surface area contributed by atoms with E-state index in [-0.39, 0.29) is 0 Å². The van der Waals surface area contributed by atoms with Crippen LogP contribution in [0.5, 0.6) is 0 Å². The van der Waals surface area contributed by atoms with E-state index in [0.29, 0.717) is 16.6 Å². The smallest absolute Gasteiger partial charge is 0.229 e. The Balaban J connectivity index is 2.19. The van der Waals surface area contributed by atoms with Gasteiger partial charge >= 0.3 is 0 Å². The lowest BCUT2D eigenvalue weighted by atomic mass is 10.2. The summed E-state index contributed by atoms with van der Waals surface area (Å²) >= 11 is 5.87. The van der Waals surface area contributed by atoms with E-state index in [2.05, 4.69) is 4.98 Å². The first-order chi connectivity index (χ1) is 8.63. The summed E-state index contributed by atoms with van der Waals surface area (Å²) in [7, 11) is 0. The van der Waals surface area contributed by atoms with E-state index in [9.17, 15) is 0 Å². The predicted octanol–water partition coefficient (Wildman–Crippen LogP) is 4.04. The zero-order chi connectivity index (χ0) is 12.7. The summed E-state index contributed by atoms with van der Waals surface area (Å²) in [6.07, 6.45) is 0. The normalized spacial score (nSPS) is 11.0. The minimum absolute atomic E-state index is 0.518. The second-order valence-electron chi connectivity index (χ2n) is 4.22. The van der Waals surface area contributed by atoms with Crippen molar-refractivity contribution in [2.45, 2.75) is 6.92 Å². The molecule has 0 saturated heterocycles. The predicted molar refractivity (Wildman–Crippen MR) is 73.6 cm³/mol. The molecular weight excluding hydrogens is 248 g/mol. The number of halogens is 1. The van der Waals surface area contributed by atoms with E-state index in [4.69, 9.17) is 21.8 Å². The van der Waals surface area contributed by atoms with Crippen LogP contribution in [0.15, 0.2) is 40.8 Å². The van der Waals surface area contributed by atoms with Gasteiger partial charge in [-0.25, -0.2) is 4.98 Å². The second-order valence-corrected chi connectivity index (χ2v) is 4.66. The SMILES string of the molecule is Cc1ccc2nc(-c3ccc(Cl)cc3N)oc2c1. The molecule has 1 aromatic heterocycles. The molecule has 0 bridgehead atoms. The number of aryl methyl sites for hydroxylation is 1. The highest BCUT2D eigenvalue weighted by Gasteiger charge is 2.11. The first-order valence-electron chi connectivity index (χ1n) is 5.56. The van der Waals surface area contributed by atoms with Crippen molar-refractivity contribution in [2.75, 3.05) is 5.73 Å². The van der Waals surface area contributed by atoms with Gasteiger partial charge in [0.2, 0.25) is 5.89 Å². The minimum Gasteiger partial charge on any atom is -0.436 e. The molecule has 0 aliphatic carbocycles. The fourth-order valence-corrected chi connectivity index (χ4v) is 2.06. The number of aromatic nitrogens is 1. The standard InChI is InChI=1S/C14H11ClN2O/c1-8-2-5-12-13(6-8)18-14(17-12)10-4-3-9(15)7-11(10)16/h2-7H,16H2,1H3. The Labute approximate surface area is 109 Å². The molecular formula is C14H11ClN2O. The van der Waals surface area contributed by atoms with Crippen molar-refractivity contribution >= 4 is 28.4 Å². The van der Waals surface area contributed by atoms with Crippen LogP contribution >= 0.6 is 11.6 Å². The Bertz CT molecular complexity index is 734. The zero-order valence-corrected chi connectivity index (χ0v) is 10.5. The summed E-state index contributed by atoms with van der Waals surface area (Å²) in [4.78, 5) is 4.42. The quantitative estimate of drug-likeness (QED) is 0.670. The largest absolute Gasteiger partial charge is 0.436 e. The fourth-order valence-electron chi connectivity index (χ4n) is 1.88. The lowest BCUT2D eigenvalue weighted by Gasteiger charge is -2.00. The topological polar surface area (TPSA) is 52.0 Å². The molecule has 2 N–H and O–H groups in total. The average molecular weight is 259 g/mol. The lowest BCUT2D eigenvalue weighted by molar-refractivity contribution is 0.620. The molecule has 0 atom stereocenters. The van der Waals surface area contributed by atoms with Gasteiger partial charge in [-0.05, 0) is 42.8 Å². The molecule has 18 heavy (non-hydrogen) atoms. The third-order valence-corrected chi connectivity index (χ3v) is 3.02. The average Bonchev–Trinajstić information content (AvgIpc) is 2.71. The van der Waals surface area contributed by atoms with Crippen molar-refractivity contribution in [3.63, 3.8) is 0 Å². The number of hydrogen-bond donors (Lipinski definition) is 1. The molecule has 0 unspecified atom stereocenters. The molecule has 90 valence electrons. The molecule has 0 aliphatic heterocycles. The molecule has 4 heteroatoms. The summed E-state index contributed by atoms with van der Waals surface area (Å²) in [6, 6.07) is 11.2. The van der Waals surface area contributed by atoms with Crippen LogP contribution in [0, 0.1) is 6.92 Å². The van der Waals surface area contributed by atoms with E-state index in [1.807, 2.05) is 31.2 Å². The summed E-state index contributed by atoms with van der Waals surface area (Å²) < 4.78 is 5.72. The maximum atomic E-state index is 5.92. The first kappa shape index (κ1) is 11.1. The van der Waals surface area contributed by atoms with Crippen LogP contribution in [-0.4, -0.2) is 4.98 Å². The van der Waals surface area contributed by atoms with Gasteiger partial charge in [0.25, 0.3) is 0 Å². The van der Waals surface area contributed by atoms with Gasteiger partial charge in [0.1, 0.15) is 5.52 Å². The van der Waals surface area contributed by atoms with Crippen LogP contribution in [-0.2, 0) is 0 Å². The highest BCUT2D eigenvalue weighted by Crippen LogP contribution is 2.30. The second kappa shape index (κ2) is 4.03. The van der Waals surface area contributed by atoms with E-state index in [1.165, 1.54) is 0 Å². The van der Waals surface area contributed by atoms with Gasteiger partial charge in [-0.3, -0.25) is 0 Å². The zero-order valence-electron chi connectivity index (χ0n) is 9.77. The molecule has 0 spiro atoms. The van der Waals surface area contributed by atoms with Crippen molar-refractivity contribution < 1.29 is 4.42 Å². The number of benzene rings is 2. The van der Waals surface area contributed by atoms with Crippen molar-refractivity contribution in [1.82, 2.24) is 4.98 Å². The third kappa shape index (κ3) is 1.83. The van der Waals surface area contributed by atoms with Crippen molar-refractivity contribution in [2.24, 2.45) is 0 Å². The van der Waals surface area contributed by atoms with Crippen LogP contribution in [0.1, 0.15) is 5.56 Å². The third-order valence-electron chi connectivity index (χ3n) is 2.79. The van der Waals surface area contributed by atoms with E-state index < -0.39 is 0 Å². The molecule has 3 nitrogen and oxygen atoms in total. The van der Waals surface area contributed by atoms with Gasteiger partial charge < -0.3 is 10.2 Å². The molecule has 0 aliphatic rings. The Hall–Kier alpha value is -2.00. The van der Waals surface area contributed by atoms with E-state index >= 15 is 0 Å². The monoisotopic (exact) mass is 258 g/mol. The number of oxazole rings is 1. The van der Waals surface area contributed by atoms with Crippen molar-refractivity contribution in [3.8, 4) is 11.5 Å². The summed E-state index contributed by atoms with van der Waals surface area (Å²) in [5.41, 5.74) is 9.96. The maximum Gasteiger partial charge on any atom is 0.229 e. The van der Waals surface area contributed by atoms with Crippen LogP contribution in [0.2, 0.25) is 5.02 Å². The maximum absolute atomic E-state index is 5.92. The number of rotatable bonds is 1. The van der Waals surface area contributed by atoms with Crippen LogP contribution in [0.4, 0.5) is 5.69 Å². The fraction of sp³-hybridized carbons (Fsp3) is 0.0714. The van der Waals surface area contributed by atoms with Crippen LogP contribution < -0.4 is 5.73 Å². The number of fused-ring (bicyclic) bond motifs is 1. The molecule has 3 aromatic rings. The van der Waals surface area contributed by atoms with Gasteiger partial charge in [-0.2, -0.15) is 0 Å². The number of nitrogens with zero attached hydrogens (tertiary/aromatic N) is 1. The van der Waals surface area contributed by atoms with Crippen molar-refractivity contribution in [3.05, 3.63) is 47.0 Å². The molecule has 0 fully saturated rings. The van der Waals surface area contributed by atoms with Crippen LogP contribution in [0.25, 0.3) is 22.6 Å². The number of nitrogens with two attached hydrogens (primary N) is 1. The van der Waals surface area contributed by atoms with Crippen molar-refractivity contribution in [1.29, 1.82) is 0 Å². The van der Waals surface area contributed by atoms with Gasteiger partial charge in [0.15, 0.2) is 5.58 Å². The van der Waals surface area contributed by atoms with E-state index in [1.54, 1.807) is 12.1 Å². The Morgan fingerprint density at radius 3 is 2.78 bits per heavy atom. The molecule has 1 heterocycles. The van der Waals surface area contributed by atoms with Gasteiger partial charge in [-0.1, -0.05) is 17.7 Å². The van der Waals surface area contributed by atoms with Gasteiger partial charge in [-0.15, -0.1) is 0 Å². The number of anilines is 1. The molecule has 0 saturated carbocycles. The Kier molecular flexibility index (Phi) is 2.49. The van der Waals surface area contributed by atoms with Gasteiger partial charge in [0.05, 0.1) is 5.56 Å². The molecule has 2 aromatic carbocycles. The molecule has 3 rings (SSSR count). The summed E-state index contributed by atoms with van der Waals surface area (Å²) in [5.74, 6) is 0.518. The first-order valence-corrected chi connectivity index (χ1v) is 5.94. The highest BCUT2D eigenvalue weighted by molar-refractivity contribution is 6.31. The number of nitrogen functional groups attached to an aromatic ring is 1. The minimum atomic E-state index is 0.518. The lowest BCUT2D eigenvalue weighted by Crippen LogP contribution is -1.89. The molecule has 0 radical (unpaired) electrons. The highest BCUT2D eigenvalue weighted by atomic mass is 35.5. The Morgan fingerprint density at radius 1 is 1.17 bits per heavy atom. The number of hydrogen-bond acceptors (Lipinski definition) is 3.